The number of benzene rings is 1. The Morgan fingerprint density at radius 3 is 2.33 bits per heavy atom. The number of methoxy groups -OCH3 is 2. The van der Waals surface area contributed by atoms with Crippen molar-refractivity contribution in [2.75, 3.05) is 14.2 Å². The topological polar surface area (TPSA) is 44.2 Å². The second-order valence-electron chi connectivity index (χ2n) is 3.99. The molecular formula is C12H9ClF4N2O2. The molecule has 0 saturated heterocycles. The molecule has 0 N–H and O–H groups in total. The number of hydrogen-bond acceptors (Lipinski definition) is 4. The summed E-state index contributed by atoms with van der Waals surface area (Å²) in [5, 5.41) is -0.274. The van der Waals surface area contributed by atoms with Crippen molar-refractivity contribution in [2.45, 2.75) is 12.3 Å². The molecule has 0 saturated carbocycles. The van der Waals surface area contributed by atoms with Gasteiger partial charge in [-0.3, -0.25) is 0 Å². The summed E-state index contributed by atoms with van der Waals surface area (Å²) in [5.41, 5.74) is -0.0819. The molecule has 0 radical (unpaired) electrons. The Morgan fingerprint density at radius 2 is 1.81 bits per heavy atom. The number of ether oxygens (including phenoxy) is 2. The van der Waals surface area contributed by atoms with Gasteiger partial charge in [-0.25, -0.2) is 18.7 Å². The summed E-state index contributed by atoms with van der Waals surface area (Å²) in [6.45, 7) is 0. The molecule has 21 heavy (non-hydrogen) atoms. The molecule has 0 fully saturated rings. The fourth-order valence-corrected chi connectivity index (χ4v) is 1.96. The van der Waals surface area contributed by atoms with Crippen LogP contribution >= 0.6 is 11.6 Å². The molecule has 9 heteroatoms. The van der Waals surface area contributed by atoms with Crippen LogP contribution in [0.1, 0.15) is 5.82 Å². The molecule has 0 atom stereocenters. The van der Waals surface area contributed by atoms with Crippen molar-refractivity contribution < 1.29 is 27.0 Å². The van der Waals surface area contributed by atoms with Gasteiger partial charge in [0.1, 0.15) is 16.7 Å². The Kier molecular flexibility index (Phi) is 4.08. The summed E-state index contributed by atoms with van der Waals surface area (Å²) in [4.78, 5) is 6.72. The van der Waals surface area contributed by atoms with Crippen molar-refractivity contribution in [3.63, 3.8) is 0 Å². The molecule has 0 aliphatic heterocycles. The van der Waals surface area contributed by atoms with Crippen molar-refractivity contribution in [1.82, 2.24) is 9.97 Å². The Balaban J connectivity index is 2.76. The normalized spacial score (nSPS) is 12.0. The van der Waals surface area contributed by atoms with Gasteiger partial charge < -0.3 is 9.47 Å². The Hall–Kier alpha value is -1.83. The number of hydrogen-bond donors (Lipinski definition) is 0. The standard InChI is InChI=1S/C12H9ClF4N2O2/c1-20-5-3-6-8(7(4-5)21-2)9(13)19-11(18-6)12(16,17)10(14)15/h3-4,10H,1-2H3. The van der Waals surface area contributed by atoms with Crippen LogP contribution in [-0.2, 0) is 5.92 Å². The number of nitrogens with zero attached hydrogens (tertiary/aromatic N) is 2. The van der Waals surface area contributed by atoms with Crippen LogP contribution in [0.3, 0.4) is 0 Å². The van der Waals surface area contributed by atoms with E-state index in [2.05, 4.69) is 9.97 Å². The SMILES string of the molecule is COc1cc(OC)c2c(Cl)nc(C(F)(F)C(F)F)nc2c1. The Morgan fingerprint density at radius 1 is 1.14 bits per heavy atom. The van der Waals surface area contributed by atoms with E-state index >= 15 is 0 Å². The minimum absolute atomic E-state index is 0.0819. The lowest BCUT2D eigenvalue weighted by Gasteiger charge is -2.15. The van der Waals surface area contributed by atoms with Gasteiger partial charge in [-0.1, -0.05) is 11.6 Å². The minimum Gasteiger partial charge on any atom is -0.497 e. The summed E-state index contributed by atoms with van der Waals surface area (Å²) in [6, 6.07) is 2.72. The van der Waals surface area contributed by atoms with Gasteiger partial charge in [0.2, 0.25) is 5.82 Å². The maximum atomic E-state index is 13.4. The lowest BCUT2D eigenvalue weighted by atomic mass is 10.2. The average molecular weight is 325 g/mol. The molecule has 0 bridgehead atoms. The zero-order chi connectivity index (χ0) is 15.8. The van der Waals surface area contributed by atoms with E-state index in [4.69, 9.17) is 21.1 Å². The molecule has 2 rings (SSSR count). The van der Waals surface area contributed by atoms with Gasteiger partial charge in [-0.2, -0.15) is 8.78 Å². The molecule has 4 nitrogen and oxygen atoms in total. The van der Waals surface area contributed by atoms with E-state index in [1.165, 1.54) is 26.4 Å². The summed E-state index contributed by atoms with van der Waals surface area (Å²) in [6.07, 6.45) is -3.95. The number of alkyl halides is 4. The molecule has 0 amide bonds. The number of halogens is 5. The average Bonchev–Trinajstić information content (AvgIpc) is 2.45. The quantitative estimate of drug-likeness (QED) is 0.636. The third-order valence-electron chi connectivity index (χ3n) is 2.72. The van der Waals surface area contributed by atoms with Crippen LogP contribution in [0, 0.1) is 0 Å². The predicted octanol–water partition coefficient (Wildman–Crippen LogP) is 3.66. The molecule has 0 unspecified atom stereocenters. The summed E-state index contributed by atoms with van der Waals surface area (Å²) >= 11 is 5.80. The zero-order valence-corrected chi connectivity index (χ0v) is 11.6. The summed E-state index contributed by atoms with van der Waals surface area (Å²) in [7, 11) is 2.67. The molecular weight excluding hydrogens is 316 g/mol. The van der Waals surface area contributed by atoms with E-state index in [0.717, 1.165) is 0 Å². The van der Waals surface area contributed by atoms with E-state index < -0.39 is 23.3 Å². The van der Waals surface area contributed by atoms with Gasteiger partial charge in [0.15, 0.2) is 0 Å². The fourth-order valence-electron chi connectivity index (χ4n) is 1.69. The van der Waals surface area contributed by atoms with Crippen LogP contribution in [0.2, 0.25) is 5.15 Å². The Bertz CT molecular complexity index is 682. The van der Waals surface area contributed by atoms with Crippen LogP contribution in [-0.4, -0.2) is 30.6 Å². The molecule has 0 aliphatic rings. The number of fused-ring (bicyclic) bond motifs is 1. The van der Waals surface area contributed by atoms with E-state index in [-0.39, 0.29) is 22.4 Å². The van der Waals surface area contributed by atoms with Gasteiger partial charge in [0, 0.05) is 12.1 Å². The smallest absolute Gasteiger partial charge is 0.365 e. The zero-order valence-electron chi connectivity index (χ0n) is 10.8. The van der Waals surface area contributed by atoms with Crippen molar-refractivity contribution in [1.29, 1.82) is 0 Å². The van der Waals surface area contributed by atoms with Crippen LogP contribution in [0.15, 0.2) is 12.1 Å². The van der Waals surface area contributed by atoms with E-state index in [0.29, 0.717) is 0 Å². The highest BCUT2D eigenvalue weighted by molar-refractivity contribution is 6.34. The Labute approximate surface area is 121 Å². The van der Waals surface area contributed by atoms with Crippen molar-refractivity contribution in [3.05, 3.63) is 23.1 Å². The van der Waals surface area contributed by atoms with E-state index in [1.807, 2.05) is 0 Å². The maximum absolute atomic E-state index is 13.4. The molecule has 0 spiro atoms. The summed E-state index contributed by atoms with van der Waals surface area (Å²) in [5.74, 6) is -5.43. The first kappa shape index (κ1) is 15.6. The molecule has 0 aliphatic carbocycles. The van der Waals surface area contributed by atoms with Crippen molar-refractivity contribution in [2.24, 2.45) is 0 Å². The van der Waals surface area contributed by atoms with E-state index in [1.54, 1.807) is 0 Å². The highest BCUT2D eigenvalue weighted by atomic mass is 35.5. The second-order valence-corrected chi connectivity index (χ2v) is 4.34. The fraction of sp³-hybridized carbons (Fsp3) is 0.333. The predicted molar refractivity (Wildman–Crippen MR) is 67.5 cm³/mol. The second kappa shape index (κ2) is 5.51. The van der Waals surface area contributed by atoms with Gasteiger partial charge in [0.25, 0.3) is 0 Å². The minimum atomic E-state index is -4.51. The highest BCUT2D eigenvalue weighted by Crippen LogP contribution is 2.38. The third kappa shape index (κ3) is 2.67. The molecule has 114 valence electrons. The van der Waals surface area contributed by atoms with Crippen LogP contribution < -0.4 is 9.47 Å². The number of rotatable bonds is 4. The number of aromatic nitrogens is 2. The largest absolute Gasteiger partial charge is 0.497 e. The van der Waals surface area contributed by atoms with E-state index in [9.17, 15) is 17.6 Å². The van der Waals surface area contributed by atoms with Gasteiger partial charge in [-0.15, -0.1) is 0 Å². The first-order valence-corrected chi connectivity index (χ1v) is 5.94. The maximum Gasteiger partial charge on any atom is 0.365 e. The summed E-state index contributed by atoms with van der Waals surface area (Å²) < 4.78 is 61.5. The van der Waals surface area contributed by atoms with Crippen LogP contribution in [0.5, 0.6) is 11.5 Å². The molecule has 1 aromatic heterocycles. The first-order chi connectivity index (χ1) is 9.81. The van der Waals surface area contributed by atoms with Crippen molar-refractivity contribution >= 4 is 22.5 Å². The highest BCUT2D eigenvalue weighted by Gasteiger charge is 2.46. The molecule has 2 aromatic rings. The first-order valence-electron chi connectivity index (χ1n) is 5.57. The lowest BCUT2D eigenvalue weighted by Crippen LogP contribution is -2.26. The van der Waals surface area contributed by atoms with Gasteiger partial charge >= 0.3 is 12.3 Å². The molecule has 1 heterocycles. The van der Waals surface area contributed by atoms with Gasteiger partial charge in [0.05, 0.1) is 25.1 Å². The van der Waals surface area contributed by atoms with Gasteiger partial charge in [-0.05, 0) is 0 Å². The van der Waals surface area contributed by atoms with Crippen LogP contribution in [0.4, 0.5) is 17.6 Å². The lowest BCUT2D eigenvalue weighted by molar-refractivity contribution is -0.140. The monoisotopic (exact) mass is 324 g/mol. The third-order valence-corrected chi connectivity index (χ3v) is 2.99. The van der Waals surface area contributed by atoms with Crippen LogP contribution in [0.25, 0.3) is 10.9 Å². The molecule has 1 aromatic carbocycles. The van der Waals surface area contributed by atoms with Crippen molar-refractivity contribution in [3.8, 4) is 11.5 Å².